The monoisotopic (exact) mass is 470 g/mol. The van der Waals surface area contributed by atoms with Gasteiger partial charge in [0.1, 0.15) is 22.3 Å². The number of hydrogen-bond donors (Lipinski definition) is 2. The summed E-state index contributed by atoms with van der Waals surface area (Å²) in [5, 5.41) is 16.1. The molecule has 3 heterocycles. The van der Waals surface area contributed by atoms with Crippen LogP contribution >= 0.6 is 34.7 Å². The van der Waals surface area contributed by atoms with E-state index in [1.54, 1.807) is 18.5 Å². The Kier molecular flexibility index (Phi) is 6.36. The third kappa shape index (κ3) is 5.32. The molecule has 0 radical (unpaired) electrons. The van der Waals surface area contributed by atoms with Gasteiger partial charge in [0, 0.05) is 23.8 Å². The maximum Gasteiger partial charge on any atom is 0.335 e. The van der Waals surface area contributed by atoms with Crippen molar-refractivity contribution in [2.75, 3.05) is 5.32 Å². The first-order chi connectivity index (χ1) is 15.0. The van der Waals surface area contributed by atoms with Crippen molar-refractivity contribution in [1.82, 2.24) is 15.0 Å². The van der Waals surface area contributed by atoms with Crippen LogP contribution in [0.1, 0.15) is 16.1 Å². The fourth-order valence-corrected chi connectivity index (χ4v) is 4.17. The van der Waals surface area contributed by atoms with Crippen LogP contribution in [0.3, 0.4) is 0 Å². The quantitative estimate of drug-likeness (QED) is 0.325. The number of aromatic nitrogens is 3. The van der Waals surface area contributed by atoms with Crippen molar-refractivity contribution in [1.29, 1.82) is 0 Å². The van der Waals surface area contributed by atoms with E-state index in [1.807, 2.05) is 30.5 Å². The van der Waals surface area contributed by atoms with Crippen LogP contribution in [-0.4, -0.2) is 26.0 Å². The molecule has 0 saturated carbocycles. The fraction of sp³-hybridized carbons (Fsp3) is 0.0476. The lowest BCUT2D eigenvalue weighted by molar-refractivity contribution is 0.0696. The number of pyridine rings is 2. The molecule has 10 heteroatoms. The molecule has 1 aromatic carbocycles. The molecule has 0 aliphatic carbocycles. The summed E-state index contributed by atoms with van der Waals surface area (Å²) in [5.74, 6) is 0.138. The molecular weight excluding hydrogens is 456 g/mol. The van der Waals surface area contributed by atoms with E-state index in [0.29, 0.717) is 26.6 Å². The summed E-state index contributed by atoms with van der Waals surface area (Å²) in [5.41, 5.74) is 0.979. The molecule has 0 fully saturated rings. The Bertz CT molecular complexity index is 1230. The van der Waals surface area contributed by atoms with Crippen molar-refractivity contribution in [2.45, 2.75) is 16.8 Å². The van der Waals surface area contributed by atoms with E-state index < -0.39 is 5.97 Å². The number of hydrogen-bond acceptors (Lipinski definition) is 8. The van der Waals surface area contributed by atoms with Crippen LogP contribution < -0.4 is 10.1 Å². The number of nitrogens with zero attached hydrogens (tertiary/aromatic N) is 3. The highest BCUT2D eigenvalue weighted by Gasteiger charge is 2.15. The minimum atomic E-state index is -1.07. The second-order valence-corrected chi connectivity index (χ2v) is 8.59. The maximum absolute atomic E-state index is 11.3. The summed E-state index contributed by atoms with van der Waals surface area (Å²) in [6, 6.07) is 11.6. The van der Waals surface area contributed by atoms with Gasteiger partial charge in [-0.1, -0.05) is 29.4 Å². The SMILES string of the molecule is Cc1csc(Nc2cc(Oc3cc(C(=O)O)ccc3Cl)c(Sc3ccccn3)cn2)n1. The molecule has 4 rings (SSSR count). The molecule has 0 unspecified atom stereocenters. The molecule has 3 aromatic heterocycles. The highest BCUT2D eigenvalue weighted by Crippen LogP contribution is 2.39. The van der Waals surface area contributed by atoms with Gasteiger partial charge in [0.05, 0.1) is 21.2 Å². The number of rotatable bonds is 7. The molecule has 2 N–H and O–H groups in total. The molecule has 0 spiro atoms. The van der Waals surface area contributed by atoms with Crippen molar-refractivity contribution < 1.29 is 14.6 Å². The number of benzene rings is 1. The number of carboxylic acids is 1. The number of ether oxygens (including phenoxy) is 1. The predicted octanol–water partition coefficient (Wildman–Crippen LogP) is 6.28. The summed E-state index contributed by atoms with van der Waals surface area (Å²) in [7, 11) is 0. The van der Waals surface area contributed by atoms with E-state index in [-0.39, 0.29) is 11.3 Å². The van der Waals surface area contributed by atoms with Crippen LogP contribution in [0.2, 0.25) is 5.02 Å². The van der Waals surface area contributed by atoms with Gasteiger partial charge < -0.3 is 15.2 Å². The molecule has 0 atom stereocenters. The van der Waals surface area contributed by atoms with E-state index in [0.717, 1.165) is 10.7 Å². The Morgan fingerprint density at radius 3 is 2.77 bits per heavy atom. The topological polar surface area (TPSA) is 97.2 Å². The van der Waals surface area contributed by atoms with E-state index in [9.17, 15) is 9.90 Å². The van der Waals surface area contributed by atoms with Gasteiger partial charge in [-0.3, -0.25) is 0 Å². The van der Waals surface area contributed by atoms with E-state index in [4.69, 9.17) is 16.3 Å². The largest absolute Gasteiger partial charge is 0.478 e. The molecule has 7 nitrogen and oxygen atoms in total. The smallest absolute Gasteiger partial charge is 0.335 e. The molecule has 31 heavy (non-hydrogen) atoms. The number of halogens is 1. The lowest BCUT2D eigenvalue weighted by atomic mass is 10.2. The van der Waals surface area contributed by atoms with Crippen LogP contribution in [0, 0.1) is 6.92 Å². The van der Waals surface area contributed by atoms with E-state index >= 15 is 0 Å². The highest BCUT2D eigenvalue weighted by atomic mass is 35.5. The van der Waals surface area contributed by atoms with Crippen molar-refractivity contribution in [2.24, 2.45) is 0 Å². The van der Waals surface area contributed by atoms with E-state index in [2.05, 4.69) is 20.3 Å². The maximum atomic E-state index is 11.3. The predicted molar refractivity (Wildman–Crippen MR) is 121 cm³/mol. The van der Waals surface area contributed by atoms with Crippen LogP contribution in [0.5, 0.6) is 11.5 Å². The van der Waals surface area contributed by atoms with E-state index in [1.165, 1.54) is 41.3 Å². The number of carbonyl (C=O) groups is 1. The fourth-order valence-electron chi connectivity index (χ4n) is 2.52. The molecule has 0 amide bonds. The number of anilines is 2. The minimum Gasteiger partial charge on any atom is -0.478 e. The van der Waals surface area contributed by atoms with Gasteiger partial charge in [-0.25, -0.2) is 19.7 Å². The Labute approximate surface area is 191 Å². The Hall–Kier alpha value is -3.14. The van der Waals surface area contributed by atoms with Gasteiger partial charge in [-0.2, -0.15) is 0 Å². The molecule has 0 bridgehead atoms. The average Bonchev–Trinajstić information content (AvgIpc) is 3.16. The first kappa shape index (κ1) is 21.1. The third-order valence-corrected chi connectivity index (χ3v) is 6.10. The first-order valence-corrected chi connectivity index (χ1v) is 11.0. The number of aromatic carboxylic acids is 1. The Balaban J connectivity index is 1.70. The lowest BCUT2D eigenvalue weighted by Crippen LogP contribution is -1.99. The zero-order chi connectivity index (χ0) is 21.8. The van der Waals surface area contributed by atoms with Gasteiger partial charge in [-0.05, 0) is 37.3 Å². The second-order valence-electron chi connectivity index (χ2n) is 6.26. The first-order valence-electron chi connectivity index (χ1n) is 8.97. The standard InChI is InChI=1S/C21H15ClN4O3S2/c1-12-11-30-21(25-12)26-18-9-16(17(10-24-18)31-19-4-2-3-7-23-19)29-15-8-13(20(27)28)5-6-14(15)22/h2-11H,1H3,(H,27,28)(H,24,25,26). The lowest BCUT2D eigenvalue weighted by Gasteiger charge is -2.13. The average molecular weight is 471 g/mol. The van der Waals surface area contributed by atoms with Crippen LogP contribution in [0.15, 0.2) is 70.2 Å². The molecular formula is C21H15ClN4O3S2. The summed E-state index contributed by atoms with van der Waals surface area (Å²) in [4.78, 5) is 25.2. The molecule has 0 aliphatic heterocycles. The highest BCUT2D eigenvalue weighted by molar-refractivity contribution is 7.99. The molecule has 0 saturated heterocycles. The number of nitrogens with one attached hydrogen (secondary N) is 1. The Morgan fingerprint density at radius 2 is 2.06 bits per heavy atom. The van der Waals surface area contributed by atoms with Crippen molar-refractivity contribution in [3.05, 3.63) is 76.5 Å². The minimum absolute atomic E-state index is 0.0731. The van der Waals surface area contributed by atoms with Crippen LogP contribution in [-0.2, 0) is 0 Å². The van der Waals surface area contributed by atoms with Gasteiger partial charge in [0.15, 0.2) is 5.13 Å². The zero-order valence-electron chi connectivity index (χ0n) is 16.1. The third-order valence-electron chi connectivity index (χ3n) is 3.94. The molecule has 0 aliphatic rings. The molecule has 4 aromatic rings. The van der Waals surface area contributed by atoms with Crippen molar-refractivity contribution in [3.63, 3.8) is 0 Å². The summed E-state index contributed by atoms with van der Waals surface area (Å²) < 4.78 is 6.05. The van der Waals surface area contributed by atoms with Gasteiger partial charge in [-0.15, -0.1) is 11.3 Å². The summed E-state index contributed by atoms with van der Waals surface area (Å²) in [6.45, 7) is 1.91. The normalized spacial score (nSPS) is 10.6. The number of thiazole rings is 1. The zero-order valence-corrected chi connectivity index (χ0v) is 18.5. The summed E-state index contributed by atoms with van der Waals surface area (Å²) in [6.07, 6.45) is 3.36. The molecule has 156 valence electrons. The van der Waals surface area contributed by atoms with Gasteiger partial charge in [0.2, 0.25) is 0 Å². The van der Waals surface area contributed by atoms with Gasteiger partial charge in [0.25, 0.3) is 0 Å². The Morgan fingerprint density at radius 1 is 1.19 bits per heavy atom. The van der Waals surface area contributed by atoms with Crippen molar-refractivity contribution >= 4 is 51.6 Å². The van der Waals surface area contributed by atoms with Gasteiger partial charge >= 0.3 is 5.97 Å². The van der Waals surface area contributed by atoms with Crippen LogP contribution in [0.25, 0.3) is 0 Å². The number of aryl methyl sites for hydroxylation is 1. The second kappa shape index (κ2) is 9.34. The van der Waals surface area contributed by atoms with Crippen LogP contribution in [0.4, 0.5) is 10.9 Å². The van der Waals surface area contributed by atoms with Crippen molar-refractivity contribution in [3.8, 4) is 11.5 Å². The summed E-state index contributed by atoms with van der Waals surface area (Å²) >= 11 is 9.09. The number of carboxylic acid groups (broad SMARTS) is 1.